The van der Waals surface area contributed by atoms with Crippen molar-refractivity contribution in [2.24, 2.45) is 0 Å². The minimum absolute atomic E-state index is 0.981. The second-order valence-electron chi connectivity index (χ2n) is 5.41. The van der Waals surface area contributed by atoms with Crippen LogP contribution in [0.4, 0.5) is 0 Å². The van der Waals surface area contributed by atoms with E-state index in [1.165, 1.54) is 0 Å². The summed E-state index contributed by atoms with van der Waals surface area (Å²) in [6.07, 6.45) is 0. The third-order valence-electron chi connectivity index (χ3n) is 0.750. The molecule has 0 atom stereocenters. The maximum absolute atomic E-state index is 5.20. The van der Waals surface area contributed by atoms with Crippen LogP contribution < -0.4 is 4.65 Å². The summed E-state index contributed by atoms with van der Waals surface area (Å²) in [5.74, 6) is 0. The van der Waals surface area contributed by atoms with Gasteiger partial charge in [-0.1, -0.05) is 39.3 Å². The third-order valence-corrected chi connectivity index (χ3v) is 6.75. The molecular formula is C7H22Cl3NSi3. The van der Waals surface area contributed by atoms with Crippen LogP contribution >= 0.6 is 33.2 Å². The molecular weight excluding hydrogens is 289 g/mol. The Balaban J connectivity index is 0. The van der Waals surface area contributed by atoms with Crippen LogP contribution in [0.1, 0.15) is 0 Å². The topological polar surface area (TPSA) is 12.0 Å². The summed E-state index contributed by atoms with van der Waals surface area (Å²) in [5.41, 5.74) is 0. The van der Waals surface area contributed by atoms with Crippen LogP contribution in [-0.2, 0) is 0 Å². The van der Waals surface area contributed by atoms with Crippen molar-refractivity contribution in [3.63, 3.8) is 0 Å². The van der Waals surface area contributed by atoms with Crippen molar-refractivity contribution >= 4 is 55.7 Å². The van der Waals surface area contributed by atoms with E-state index in [9.17, 15) is 0 Å². The summed E-state index contributed by atoms with van der Waals surface area (Å²) in [6.45, 7) is 15.7. The molecule has 14 heavy (non-hydrogen) atoms. The predicted octanol–water partition coefficient (Wildman–Crippen LogP) is 4.52. The van der Waals surface area contributed by atoms with E-state index in [0.717, 1.165) is 0 Å². The first-order chi connectivity index (χ1) is 5.71. The van der Waals surface area contributed by atoms with Crippen LogP contribution in [0, 0.1) is 0 Å². The highest BCUT2D eigenvalue weighted by atomic mass is 35.8. The fraction of sp³-hybridized carbons (Fsp3) is 1.00. The zero-order valence-corrected chi connectivity index (χ0v) is 15.4. The standard InChI is InChI=1S/C6H19NSi2.CH3Cl3Si/c1-8(2,3)7-9(4,5)6;1-5(2,3)4/h7H,1-6H3;1H3. The Bertz CT molecular complexity index is 139. The molecule has 0 aromatic heterocycles. The van der Waals surface area contributed by atoms with Gasteiger partial charge < -0.3 is 4.65 Å². The van der Waals surface area contributed by atoms with Crippen LogP contribution in [0.15, 0.2) is 0 Å². The van der Waals surface area contributed by atoms with Gasteiger partial charge in [0.15, 0.2) is 0 Å². The minimum Gasteiger partial charge on any atom is -0.360 e. The molecule has 0 fully saturated rings. The molecule has 0 saturated carbocycles. The van der Waals surface area contributed by atoms with Crippen molar-refractivity contribution < 1.29 is 0 Å². The molecule has 0 saturated heterocycles. The fourth-order valence-electron chi connectivity index (χ4n) is 1.12. The molecule has 0 heterocycles. The molecule has 0 aliphatic carbocycles. The highest BCUT2D eigenvalue weighted by molar-refractivity contribution is 7.64. The van der Waals surface area contributed by atoms with Crippen molar-refractivity contribution in [1.29, 1.82) is 0 Å². The molecule has 1 nitrogen and oxygen atoms in total. The zero-order chi connectivity index (χ0) is 12.2. The van der Waals surface area contributed by atoms with Gasteiger partial charge in [0, 0.05) is 0 Å². The average molecular weight is 311 g/mol. The normalized spacial score (nSPS) is 13.3. The van der Waals surface area contributed by atoms with Gasteiger partial charge in [0.1, 0.15) is 16.5 Å². The smallest absolute Gasteiger partial charge is 0.338 e. The first-order valence-electron chi connectivity index (χ1n) is 4.57. The molecule has 7 heteroatoms. The molecule has 0 radical (unpaired) electrons. The summed E-state index contributed by atoms with van der Waals surface area (Å²) in [5, 5.41) is 0. The van der Waals surface area contributed by atoms with Gasteiger partial charge in [-0.3, -0.25) is 0 Å². The van der Waals surface area contributed by atoms with Crippen LogP contribution in [0.25, 0.3) is 0 Å². The molecule has 88 valence electrons. The number of halogens is 3. The Labute approximate surface area is 106 Å². The molecule has 0 aromatic carbocycles. The van der Waals surface area contributed by atoms with Crippen molar-refractivity contribution in [2.75, 3.05) is 0 Å². The Morgan fingerprint density at radius 1 is 0.643 bits per heavy atom. The van der Waals surface area contributed by atoms with Crippen LogP contribution in [0.5, 0.6) is 0 Å². The summed E-state index contributed by atoms with van der Waals surface area (Å²) in [7, 11) is -1.96. The molecule has 0 amide bonds. The minimum atomic E-state index is -2.19. The van der Waals surface area contributed by atoms with Gasteiger partial charge in [0.25, 0.3) is 0 Å². The lowest BCUT2D eigenvalue weighted by Crippen LogP contribution is -2.55. The fourth-order valence-corrected chi connectivity index (χ4v) is 10.1. The lowest BCUT2D eigenvalue weighted by Gasteiger charge is -2.28. The molecule has 0 aliphatic heterocycles. The van der Waals surface area contributed by atoms with E-state index in [0.29, 0.717) is 0 Å². The molecule has 0 unspecified atom stereocenters. The molecule has 0 spiro atoms. The van der Waals surface area contributed by atoms with Gasteiger partial charge >= 0.3 is 6.00 Å². The summed E-state index contributed by atoms with van der Waals surface area (Å²) >= 11 is 15.6. The first kappa shape index (κ1) is 17.9. The van der Waals surface area contributed by atoms with E-state index in [1.807, 2.05) is 0 Å². The SMILES string of the molecule is C[Si](C)(C)N[Si](C)(C)C.C[Si](Cl)(Cl)Cl. The van der Waals surface area contributed by atoms with Gasteiger partial charge in [-0.15, -0.1) is 33.2 Å². The summed E-state index contributed by atoms with van der Waals surface area (Å²) in [4.78, 5) is 0. The van der Waals surface area contributed by atoms with E-state index in [1.54, 1.807) is 6.55 Å². The third kappa shape index (κ3) is 37.5. The monoisotopic (exact) mass is 309 g/mol. The number of hydrogen-bond acceptors (Lipinski definition) is 1. The first-order valence-corrected chi connectivity index (χ1v) is 17.1. The Morgan fingerprint density at radius 3 is 0.786 bits per heavy atom. The number of nitrogens with one attached hydrogen (secondary N) is 1. The van der Waals surface area contributed by atoms with Crippen LogP contribution in [0.2, 0.25) is 45.8 Å². The van der Waals surface area contributed by atoms with E-state index >= 15 is 0 Å². The van der Waals surface area contributed by atoms with Gasteiger partial charge in [0.2, 0.25) is 0 Å². The predicted molar refractivity (Wildman–Crippen MR) is 79.0 cm³/mol. The average Bonchev–Trinajstić information content (AvgIpc) is 1.42. The Morgan fingerprint density at radius 2 is 0.786 bits per heavy atom. The van der Waals surface area contributed by atoms with E-state index in [4.69, 9.17) is 33.2 Å². The Kier molecular flexibility index (Phi) is 8.00. The summed E-state index contributed by atoms with van der Waals surface area (Å²) < 4.78 is 3.74. The second kappa shape index (κ2) is 6.27. The summed E-state index contributed by atoms with van der Waals surface area (Å²) in [6, 6.07) is -2.19. The van der Waals surface area contributed by atoms with Crippen LogP contribution in [0.3, 0.4) is 0 Å². The molecule has 0 rings (SSSR count). The van der Waals surface area contributed by atoms with Crippen LogP contribution in [-0.4, -0.2) is 22.5 Å². The number of rotatable bonds is 2. The van der Waals surface area contributed by atoms with Crippen molar-refractivity contribution in [3.8, 4) is 0 Å². The van der Waals surface area contributed by atoms with Gasteiger partial charge in [-0.05, 0) is 6.55 Å². The van der Waals surface area contributed by atoms with Gasteiger partial charge in [0.05, 0.1) is 0 Å². The van der Waals surface area contributed by atoms with E-state index in [-0.39, 0.29) is 0 Å². The highest BCUT2D eigenvalue weighted by Gasteiger charge is 2.22. The highest BCUT2D eigenvalue weighted by Crippen LogP contribution is 2.17. The second-order valence-corrected chi connectivity index (χ2v) is 25.5. The zero-order valence-electron chi connectivity index (χ0n) is 10.1. The molecule has 0 aromatic rings. The van der Waals surface area contributed by atoms with Crippen molar-refractivity contribution in [2.45, 2.75) is 45.8 Å². The van der Waals surface area contributed by atoms with Crippen molar-refractivity contribution in [3.05, 3.63) is 0 Å². The quantitative estimate of drug-likeness (QED) is 0.584. The van der Waals surface area contributed by atoms with Gasteiger partial charge in [-0.2, -0.15) is 0 Å². The van der Waals surface area contributed by atoms with E-state index in [2.05, 4.69) is 43.9 Å². The Hall–Kier alpha value is 1.48. The maximum Gasteiger partial charge on any atom is 0.338 e. The van der Waals surface area contributed by atoms with E-state index < -0.39 is 22.5 Å². The van der Waals surface area contributed by atoms with Gasteiger partial charge in [-0.25, -0.2) is 0 Å². The molecule has 1 N–H and O–H groups in total. The molecule has 0 aliphatic rings. The lowest BCUT2D eigenvalue weighted by atomic mass is 11.8. The largest absolute Gasteiger partial charge is 0.360 e. The lowest BCUT2D eigenvalue weighted by molar-refractivity contribution is 1.30. The maximum atomic E-state index is 5.20. The molecule has 0 bridgehead atoms. The number of hydrogen-bond donors (Lipinski definition) is 1. The van der Waals surface area contributed by atoms with Crippen molar-refractivity contribution in [1.82, 2.24) is 4.65 Å².